The number of hydrogen-bond acceptors (Lipinski definition) is 3. The van der Waals surface area contributed by atoms with Crippen LogP contribution >= 0.6 is 11.8 Å². The summed E-state index contributed by atoms with van der Waals surface area (Å²) in [5.74, 6) is -0.592. The van der Waals surface area contributed by atoms with E-state index in [1.54, 1.807) is 0 Å². The lowest BCUT2D eigenvalue weighted by atomic mass is 10.2. The van der Waals surface area contributed by atoms with Crippen LogP contribution < -0.4 is 4.42 Å². The first kappa shape index (κ1) is 10.5. The maximum absolute atomic E-state index is 10.9. The highest BCUT2D eigenvalue weighted by Gasteiger charge is 2.13. The van der Waals surface area contributed by atoms with Crippen LogP contribution in [0.15, 0.2) is 18.2 Å². The summed E-state index contributed by atoms with van der Waals surface area (Å²) in [5.41, 5.74) is 0.438. The molecule has 0 aliphatic carbocycles. The molecule has 0 saturated heterocycles. The molecule has 1 aromatic carbocycles. The Bertz CT molecular complexity index is 378. The second-order valence-corrected chi connectivity index (χ2v) is 3.00. The predicted molar refractivity (Wildman–Crippen MR) is 52.5 cm³/mol. The van der Waals surface area contributed by atoms with E-state index in [2.05, 4.69) is 0 Å². The number of amides is 1. The maximum atomic E-state index is 10.9. The number of carbonyl (C=O) groups excluding carboxylic acids is 2. The van der Waals surface area contributed by atoms with Gasteiger partial charge in [-0.2, -0.15) is 0 Å². The number of nitrogens with zero attached hydrogens (tertiary/aromatic N) is 1. The van der Waals surface area contributed by atoms with Gasteiger partial charge in [-0.25, -0.2) is 4.42 Å². The minimum atomic E-state index is -0.440. The zero-order chi connectivity index (χ0) is 10.7. The number of phenols is 1. The second-order valence-electron chi connectivity index (χ2n) is 2.67. The Hall–Kier alpha value is -1.55. The first-order chi connectivity index (χ1) is 6.56. The van der Waals surface area contributed by atoms with Crippen molar-refractivity contribution in [2.24, 2.45) is 0 Å². The molecule has 0 fully saturated rings. The number of carbonyl (C=O) groups is 2. The summed E-state index contributed by atoms with van der Waals surface area (Å²) in [5, 5.41) is 9.36. The smallest absolute Gasteiger partial charge is 0.238 e. The van der Waals surface area contributed by atoms with Crippen molar-refractivity contribution < 1.29 is 14.7 Å². The second kappa shape index (κ2) is 4.11. The van der Waals surface area contributed by atoms with Gasteiger partial charge in [-0.05, 0) is 18.2 Å². The normalized spacial score (nSPS) is 9.57. The van der Waals surface area contributed by atoms with E-state index in [1.165, 1.54) is 25.1 Å². The van der Waals surface area contributed by atoms with Crippen LogP contribution in [-0.2, 0) is 4.79 Å². The summed E-state index contributed by atoms with van der Waals surface area (Å²) in [7, 11) is 0. The lowest BCUT2D eigenvalue weighted by molar-refractivity contribution is -0.115. The Morgan fingerprint density at radius 2 is 2.21 bits per heavy atom. The van der Waals surface area contributed by atoms with Gasteiger partial charge in [-0.1, -0.05) is 0 Å². The fraction of sp³-hybridized carbons (Fsp3) is 0.111. The fourth-order valence-electron chi connectivity index (χ4n) is 0.941. The van der Waals surface area contributed by atoms with Crippen molar-refractivity contribution >= 4 is 29.7 Å². The van der Waals surface area contributed by atoms with Crippen molar-refractivity contribution in [2.75, 3.05) is 4.42 Å². The third-order valence-electron chi connectivity index (χ3n) is 1.62. The number of aldehydes is 1. The highest BCUT2D eigenvalue weighted by Crippen LogP contribution is 2.29. The zero-order valence-corrected chi connectivity index (χ0v) is 8.15. The Kier molecular flexibility index (Phi) is 3.09. The van der Waals surface area contributed by atoms with Crippen LogP contribution in [-0.4, -0.2) is 17.3 Å². The Morgan fingerprint density at radius 3 is 2.71 bits per heavy atom. The average molecular weight is 214 g/mol. The van der Waals surface area contributed by atoms with Gasteiger partial charge in [0.2, 0.25) is 5.91 Å². The Labute approximate surface area is 85.8 Å². The minimum Gasteiger partial charge on any atom is -0.506 e. The van der Waals surface area contributed by atoms with E-state index in [4.69, 9.17) is 11.8 Å². The third-order valence-corrected chi connectivity index (χ3v) is 2.04. The molecule has 0 unspecified atom stereocenters. The topological polar surface area (TPSA) is 57.6 Å². The number of rotatable bonds is 2. The van der Waals surface area contributed by atoms with Gasteiger partial charge in [0.15, 0.2) is 0 Å². The van der Waals surface area contributed by atoms with E-state index in [9.17, 15) is 14.7 Å². The summed E-state index contributed by atoms with van der Waals surface area (Å²) in [6, 6.07) is 4.06. The molecule has 0 atom stereocenters. The number of anilines is 1. The Balaban J connectivity index is 3.18. The molecule has 0 heterocycles. The fourth-order valence-corrected chi connectivity index (χ4v) is 1.08. The number of halogens is 1. The van der Waals surface area contributed by atoms with Crippen molar-refractivity contribution in [3.63, 3.8) is 0 Å². The van der Waals surface area contributed by atoms with E-state index in [0.29, 0.717) is 11.8 Å². The summed E-state index contributed by atoms with van der Waals surface area (Å²) >= 11 is 5.58. The summed E-state index contributed by atoms with van der Waals surface area (Å²) in [6.07, 6.45) is 0.605. The van der Waals surface area contributed by atoms with E-state index in [-0.39, 0.29) is 11.4 Å². The van der Waals surface area contributed by atoms with Crippen LogP contribution in [0.5, 0.6) is 5.75 Å². The van der Waals surface area contributed by atoms with Crippen molar-refractivity contribution in [1.29, 1.82) is 0 Å². The summed E-state index contributed by atoms with van der Waals surface area (Å²) < 4.78 is 0.752. The molecule has 0 bridgehead atoms. The molecule has 0 radical (unpaired) electrons. The number of hydrogen-bond donors (Lipinski definition) is 1. The van der Waals surface area contributed by atoms with Crippen LogP contribution in [0.4, 0.5) is 5.69 Å². The van der Waals surface area contributed by atoms with E-state index < -0.39 is 5.91 Å². The molecule has 5 heteroatoms. The lowest BCUT2D eigenvalue weighted by Gasteiger charge is -2.12. The maximum Gasteiger partial charge on any atom is 0.238 e. The molecule has 0 aromatic heterocycles. The van der Waals surface area contributed by atoms with Gasteiger partial charge in [-0.3, -0.25) is 9.59 Å². The quantitative estimate of drug-likeness (QED) is 0.601. The molecule has 74 valence electrons. The lowest BCUT2D eigenvalue weighted by Crippen LogP contribution is -2.16. The molecule has 14 heavy (non-hydrogen) atoms. The monoisotopic (exact) mass is 213 g/mol. The number of benzene rings is 1. The highest BCUT2D eigenvalue weighted by molar-refractivity contribution is 6.36. The van der Waals surface area contributed by atoms with Crippen molar-refractivity contribution in [3.05, 3.63) is 23.8 Å². The molecule has 0 aliphatic heterocycles. The molecule has 0 spiro atoms. The van der Waals surface area contributed by atoms with Gasteiger partial charge in [0.25, 0.3) is 0 Å². The molecule has 1 N–H and O–H groups in total. The van der Waals surface area contributed by atoms with Crippen molar-refractivity contribution in [3.8, 4) is 5.75 Å². The highest BCUT2D eigenvalue weighted by atomic mass is 35.5. The van der Waals surface area contributed by atoms with Crippen LogP contribution in [0.2, 0.25) is 0 Å². The SMILES string of the molecule is CC(=O)N(Cl)c1cc(C=O)ccc1O. The first-order valence-electron chi connectivity index (χ1n) is 3.81. The molecular weight excluding hydrogens is 206 g/mol. The minimum absolute atomic E-state index is 0.101. The molecule has 0 saturated carbocycles. The van der Waals surface area contributed by atoms with Gasteiger partial charge in [-0.15, -0.1) is 0 Å². The van der Waals surface area contributed by atoms with Crippen molar-refractivity contribution in [2.45, 2.75) is 6.92 Å². The standard InChI is InChI=1S/C9H8ClNO3/c1-6(13)11(10)8-4-7(5-12)2-3-9(8)14/h2-5,14H,1H3. The summed E-state index contributed by atoms with van der Waals surface area (Å²) in [4.78, 5) is 21.3. The average Bonchev–Trinajstić information content (AvgIpc) is 2.17. The van der Waals surface area contributed by atoms with Crippen LogP contribution in [0, 0.1) is 0 Å². The largest absolute Gasteiger partial charge is 0.506 e. The van der Waals surface area contributed by atoms with Crippen LogP contribution in [0.3, 0.4) is 0 Å². The van der Waals surface area contributed by atoms with Gasteiger partial charge in [0.1, 0.15) is 17.7 Å². The Morgan fingerprint density at radius 1 is 1.57 bits per heavy atom. The first-order valence-corrected chi connectivity index (χ1v) is 4.14. The van der Waals surface area contributed by atoms with E-state index in [0.717, 1.165) is 4.42 Å². The number of aromatic hydroxyl groups is 1. The van der Waals surface area contributed by atoms with E-state index >= 15 is 0 Å². The molecule has 1 amide bonds. The van der Waals surface area contributed by atoms with Gasteiger partial charge >= 0.3 is 0 Å². The molecule has 4 nitrogen and oxygen atoms in total. The molecular formula is C9H8ClNO3. The van der Waals surface area contributed by atoms with Crippen LogP contribution in [0.1, 0.15) is 17.3 Å². The number of phenolic OH excluding ortho intramolecular Hbond substituents is 1. The van der Waals surface area contributed by atoms with Gasteiger partial charge in [0.05, 0.1) is 0 Å². The van der Waals surface area contributed by atoms with Gasteiger partial charge < -0.3 is 5.11 Å². The zero-order valence-electron chi connectivity index (χ0n) is 7.40. The van der Waals surface area contributed by atoms with E-state index in [1.807, 2.05) is 0 Å². The molecule has 0 aliphatic rings. The summed E-state index contributed by atoms with van der Waals surface area (Å²) in [6.45, 7) is 1.25. The third kappa shape index (κ3) is 2.03. The molecule has 1 rings (SSSR count). The van der Waals surface area contributed by atoms with Crippen LogP contribution in [0.25, 0.3) is 0 Å². The predicted octanol–water partition coefficient (Wildman–Crippen LogP) is 1.71. The van der Waals surface area contributed by atoms with Gasteiger partial charge in [0, 0.05) is 24.3 Å². The van der Waals surface area contributed by atoms with Crippen molar-refractivity contribution in [1.82, 2.24) is 0 Å². The molecule has 1 aromatic rings.